The molecule has 1 heterocycles. The Morgan fingerprint density at radius 2 is 1.52 bits per heavy atom. The number of ether oxygens (including phenoxy) is 3. The Morgan fingerprint density at radius 3 is 2.10 bits per heavy atom. The Morgan fingerprint density at radius 1 is 0.897 bits per heavy atom. The number of methoxy groups -OCH3 is 3. The van der Waals surface area contributed by atoms with Gasteiger partial charge in [-0.05, 0) is 48.7 Å². The average molecular weight is 398 g/mol. The molecular weight excluding hydrogens is 366 g/mol. The third kappa shape index (κ3) is 3.69. The second-order valence-corrected chi connectivity index (χ2v) is 8.25. The lowest BCUT2D eigenvalue weighted by Crippen LogP contribution is -2.57. The lowest BCUT2D eigenvalue weighted by Gasteiger charge is -2.53. The van der Waals surface area contributed by atoms with Crippen molar-refractivity contribution >= 4 is 0 Å². The van der Waals surface area contributed by atoms with Gasteiger partial charge < -0.3 is 19.3 Å². The van der Waals surface area contributed by atoms with Crippen molar-refractivity contribution in [2.24, 2.45) is 11.8 Å². The summed E-state index contributed by atoms with van der Waals surface area (Å²) in [5.74, 6) is 2.99. The van der Waals surface area contributed by atoms with Crippen molar-refractivity contribution in [3.8, 4) is 17.2 Å². The summed E-state index contributed by atoms with van der Waals surface area (Å²) in [4.78, 5) is 2.46. The molecule has 3 atom stereocenters. The van der Waals surface area contributed by atoms with Crippen LogP contribution in [-0.4, -0.2) is 44.4 Å². The molecule has 1 aliphatic heterocycles. The van der Waals surface area contributed by atoms with Crippen molar-refractivity contribution in [2.75, 3.05) is 34.4 Å². The van der Waals surface area contributed by atoms with E-state index >= 15 is 0 Å². The van der Waals surface area contributed by atoms with Crippen molar-refractivity contribution in [3.05, 3.63) is 53.6 Å². The standard InChI is InChI=1S/C24H31NO4/c1-27-21-9-7-18(8-10-21)24(26)19-5-4-6-20(24)16-25(15-19)14-17-13-22(28-2)11-12-23(17)29-3/h7-13,19-20,26H,4-6,14-16H2,1-3H3/t19-,20+,24?. The van der Waals surface area contributed by atoms with Crippen molar-refractivity contribution in [2.45, 2.75) is 31.4 Å². The van der Waals surface area contributed by atoms with E-state index in [1.54, 1.807) is 21.3 Å². The first-order valence-corrected chi connectivity index (χ1v) is 10.4. The zero-order valence-electron chi connectivity index (χ0n) is 17.6. The van der Waals surface area contributed by atoms with E-state index in [2.05, 4.69) is 11.0 Å². The predicted molar refractivity (Wildman–Crippen MR) is 113 cm³/mol. The number of fused-ring (bicyclic) bond motifs is 2. The summed E-state index contributed by atoms with van der Waals surface area (Å²) < 4.78 is 16.3. The van der Waals surface area contributed by atoms with Crippen LogP contribution < -0.4 is 14.2 Å². The topological polar surface area (TPSA) is 51.2 Å². The number of aliphatic hydroxyl groups is 1. The summed E-state index contributed by atoms with van der Waals surface area (Å²) in [6, 6.07) is 13.9. The van der Waals surface area contributed by atoms with Crippen LogP contribution in [0.5, 0.6) is 17.2 Å². The average Bonchev–Trinajstić information content (AvgIpc) is 2.74. The van der Waals surface area contributed by atoms with Gasteiger partial charge in [-0.15, -0.1) is 0 Å². The maximum atomic E-state index is 11.8. The fraction of sp³-hybridized carbons (Fsp3) is 0.500. The molecule has 5 heteroatoms. The fourth-order valence-corrected chi connectivity index (χ4v) is 5.25. The fourth-order valence-electron chi connectivity index (χ4n) is 5.25. The molecule has 4 rings (SSSR count). The summed E-state index contributed by atoms with van der Waals surface area (Å²) in [5.41, 5.74) is 1.38. The smallest absolute Gasteiger partial charge is 0.123 e. The summed E-state index contributed by atoms with van der Waals surface area (Å²) >= 11 is 0. The first-order valence-electron chi connectivity index (χ1n) is 10.4. The minimum atomic E-state index is -0.764. The number of rotatable bonds is 6. The molecule has 5 nitrogen and oxygen atoms in total. The number of nitrogens with zero attached hydrogens (tertiary/aromatic N) is 1. The van der Waals surface area contributed by atoms with E-state index in [0.717, 1.165) is 60.9 Å². The highest BCUT2D eigenvalue weighted by molar-refractivity contribution is 5.40. The third-order valence-corrected chi connectivity index (χ3v) is 6.74. The van der Waals surface area contributed by atoms with Crippen LogP contribution in [0, 0.1) is 11.8 Å². The third-order valence-electron chi connectivity index (χ3n) is 6.74. The maximum Gasteiger partial charge on any atom is 0.123 e. The Labute approximate surface area is 173 Å². The van der Waals surface area contributed by atoms with E-state index in [0.29, 0.717) is 0 Å². The molecule has 29 heavy (non-hydrogen) atoms. The Bertz CT molecular complexity index is 821. The number of hydrogen-bond donors (Lipinski definition) is 1. The molecule has 1 N–H and O–H groups in total. The normalized spacial score (nSPS) is 26.8. The highest BCUT2D eigenvalue weighted by Crippen LogP contribution is 2.49. The number of hydrogen-bond acceptors (Lipinski definition) is 5. The monoisotopic (exact) mass is 397 g/mol. The van der Waals surface area contributed by atoms with Crippen LogP contribution in [0.1, 0.15) is 30.4 Å². The SMILES string of the molecule is COc1ccc(C2(O)[C@@H]3CCC[C@H]2CN(Cc2cc(OC)ccc2OC)C3)cc1. The van der Waals surface area contributed by atoms with E-state index in [1.807, 2.05) is 36.4 Å². The van der Waals surface area contributed by atoms with Crippen LogP contribution in [0.4, 0.5) is 0 Å². The first-order chi connectivity index (χ1) is 14.1. The number of piperidine rings is 1. The quantitative estimate of drug-likeness (QED) is 0.803. The van der Waals surface area contributed by atoms with Crippen LogP contribution >= 0.6 is 0 Å². The lowest BCUT2D eigenvalue weighted by atomic mass is 9.62. The Hall–Kier alpha value is -2.24. The molecule has 1 aliphatic carbocycles. The van der Waals surface area contributed by atoms with Crippen LogP contribution in [0.3, 0.4) is 0 Å². The van der Waals surface area contributed by atoms with Gasteiger partial charge in [0.2, 0.25) is 0 Å². The molecule has 2 bridgehead atoms. The van der Waals surface area contributed by atoms with Gasteiger partial charge in [-0.2, -0.15) is 0 Å². The van der Waals surface area contributed by atoms with Crippen LogP contribution in [0.25, 0.3) is 0 Å². The zero-order chi connectivity index (χ0) is 20.4. The van der Waals surface area contributed by atoms with E-state index in [9.17, 15) is 5.11 Å². The van der Waals surface area contributed by atoms with E-state index in [-0.39, 0.29) is 11.8 Å². The summed E-state index contributed by atoms with van der Waals surface area (Å²) in [6.07, 6.45) is 3.28. The molecule has 0 spiro atoms. The molecule has 0 aromatic heterocycles. The van der Waals surface area contributed by atoms with Gasteiger partial charge in [0.1, 0.15) is 17.2 Å². The van der Waals surface area contributed by atoms with E-state index in [4.69, 9.17) is 14.2 Å². The summed E-state index contributed by atoms with van der Waals surface area (Å²) in [7, 11) is 5.06. The van der Waals surface area contributed by atoms with Gasteiger partial charge in [0.25, 0.3) is 0 Å². The van der Waals surface area contributed by atoms with Crippen molar-refractivity contribution in [1.82, 2.24) is 4.90 Å². The number of likely N-dealkylation sites (tertiary alicyclic amines) is 1. The van der Waals surface area contributed by atoms with Gasteiger partial charge >= 0.3 is 0 Å². The molecular formula is C24H31NO4. The van der Waals surface area contributed by atoms with Crippen molar-refractivity contribution in [1.29, 1.82) is 0 Å². The van der Waals surface area contributed by atoms with Gasteiger partial charge in [-0.1, -0.05) is 18.6 Å². The molecule has 2 fully saturated rings. The maximum absolute atomic E-state index is 11.8. The van der Waals surface area contributed by atoms with Gasteiger partial charge in [0.15, 0.2) is 0 Å². The molecule has 156 valence electrons. The molecule has 0 amide bonds. The van der Waals surface area contributed by atoms with Crippen LogP contribution in [0.2, 0.25) is 0 Å². The highest BCUT2D eigenvalue weighted by atomic mass is 16.5. The minimum Gasteiger partial charge on any atom is -0.497 e. The molecule has 1 saturated heterocycles. The summed E-state index contributed by atoms with van der Waals surface area (Å²) in [5, 5.41) is 11.8. The molecule has 1 unspecified atom stereocenters. The van der Waals surface area contributed by atoms with Gasteiger partial charge in [-0.25, -0.2) is 0 Å². The van der Waals surface area contributed by atoms with Crippen LogP contribution in [0.15, 0.2) is 42.5 Å². The molecule has 2 aromatic carbocycles. The van der Waals surface area contributed by atoms with Gasteiger partial charge in [-0.3, -0.25) is 4.90 Å². The highest BCUT2D eigenvalue weighted by Gasteiger charge is 2.51. The van der Waals surface area contributed by atoms with E-state index in [1.165, 1.54) is 6.42 Å². The summed E-state index contributed by atoms with van der Waals surface area (Å²) in [6.45, 7) is 2.55. The predicted octanol–water partition coefficient (Wildman–Crippen LogP) is 3.83. The van der Waals surface area contributed by atoms with Crippen molar-refractivity contribution in [3.63, 3.8) is 0 Å². The lowest BCUT2D eigenvalue weighted by molar-refractivity contribution is -0.148. The molecule has 1 saturated carbocycles. The second kappa shape index (κ2) is 8.25. The van der Waals surface area contributed by atoms with Crippen LogP contribution in [-0.2, 0) is 12.1 Å². The Kier molecular flexibility index (Phi) is 5.70. The molecule has 2 aromatic rings. The van der Waals surface area contributed by atoms with Gasteiger partial charge in [0.05, 0.1) is 26.9 Å². The van der Waals surface area contributed by atoms with Crippen molar-refractivity contribution < 1.29 is 19.3 Å². The van der Waals surface area contributed by atoms with E-state index < -0.39 is 5.60 Å². The Balaban J connectivity index is 1.57. The first kappa shape index (κ1) is 20.0. The minimum absolute atomic E-state index is 0.222. The van der Waals surface area contributed by atoms with Gasteiger partial charge in [0, 0.05) is 37.0 Å². The molecule has 2 aliphatic rings. The largest absolute Gasteiger partial charge is 0.497 e. The zero-order valence-corrected chi connectivity index (χ0v) is 17.6. The second-order valence-electron chi connectivity index (χ2n) is 8.25. The molecule has 0 radical (unpaired) electrons. The number of benzene rings is 2.